The molecular formula is C21H21F4N3O4. The lowest BCUT2D eigenvalue weighted by Crippen LogP contribution is -2.40. The van der Waals surface area contributed by atoms with Crippen LogP contribution < -0.4 is 10.1 Å². The lowest BCUT2D eigenvalue weighted by Gasteiger charge is -2.32. The molecule has 1 aromatic carbocycles. The third-order valence-corrected chi connectivity index (χ3v) is 5.47. The zero-order chi connectivity index (χ0) is 22.9. The molecule has 172 valence electrons. The summed E-state index contributed by atoms with van der Waals surface area (Å²) in [5.74, 6) is 0.0153. The molecule has 0 saturated heterocycles. The predicted molar refractivity (Wildman–Crippen MR) is 103 cm³/mol. The molecule has 0 spiro atoms. The number of aromatic nitrogens is 2. The maximum atomic E-state index is 13.3. The monoisotopic (exact) mass is 455 g/mol. The number of rotatable bonds is 7. The van der Waals surface area contributed by atoms with E-state index in [0.29, 0.717) is 30.6 Å². The number of aryl methyl sites for hydroxylation is 1. The van der Waals surface area contributed by atoms with Gasteiger partial charge in [-0.3, -0.25) is 9.53 Å². The van der Waals surface area contributed by atoms with Crippen LogP contribution in [-0.2, 0) is 16.0 Å². The van der Waals surface area contributed by atoms with Gasteiger partial charge in [-0.1, -0.05) is 6.58 Å². The van der Waals surface area contributed by atoms with Crippen LogP contribution >= 0.6 is 0 Å². The molecule has 1 fully saturated rings. The molecule has 1 aliphatic heterocycles. The van der Waals surface area contributed by atoms with Crippen molar-refractivity contribution in [3.8, 4) is 5.75 Å². The number of fused-ring (bicyclic) bond motifs is 1. The van der Waals surface area contributed by atoms with Crippen molar-refractivity contribution in [2.75, 3.05) is 6.54 Å². The van der Waals surface area contributed by atoms with Crippen LogP contribution in [0.15, 0.2) is 29.2 Å². The summed E-state index contributed by atoms with van der Waals surface area (Å²) in [6, 6.07) is 4.20. The summed E-state index contributed by atoms with van der Waals surface area (Å²) in [5, 5.41) is 10.5. The molecule has 4 rings (SSSR count). The fourth-order valence-electron chi connectivity index (χ4n) is 3.69. The highest BCUT2D eigenvalue weighted by molar-refractivity contribution is 5.81. The maximum Gasteiger partial charge on any atom is 0.522 e. The van der Waals surface area contributed by atoms with Crippen LogP contribution in [0.3, 0.4) is 0 Å². The zero-order valence-corrected chi connectivity index (χ0v) is 17.0. The number of nitrogens with one attached hydrogen (secondary N) is 1. The average molecular weight is 455 g/mol. The molecule has 1 atom stereocenters. The first-order chi connectivity index (χ1) is 15.2. The van der Waals surface area contributed by atoms with E-state index in [1.807, 2.05) is 0 Å². The lowest BCUT2D eigenvalue weighted by atomic mass is 9.82. The van der Waals surface area contributed by atoms with Gasteiger partial charge in [-0.25, -0.2) is 4.39 Å². The molecule has 1 aliphatic carbocycles. The van der Waals surface area contributed by atoms with Crippen molar-refractivity contribution in [2.45, 2.75) is 56.6 Å². The second kappa shape index (κ2) is 8.89. The fraction of sp³-hybridized carbons (Fsp3) is 0.476. The highest BCUT2D eigenvalue weighted by atomic mass is 19.4. The second-order valence-electron chi connectivity index (χ2n) is 7.84. The van der Waals surface area contributed by atoms with Crippen molar-refractivity contribution in [1.29, 1.82) is 0 Å². The quantitative estimate of drug-likeness (QED) is 0.638. The highest BCUT2D eigenvalue weighted by Crippen LogP contribution is 2.41. The van der Waals surface area contributed by atoms with Gasteiger partial charge in [-0.05, 0) is 55.9 Å². The molecule has 1 amide bonds. The van der Waals surface area contributed by atoms with Gasteiger partial charge in [0, 0.05) is 18.0 Å². The topological polar surface area (TPSA) is 86.5 Å². The zero-order valence-electron chi connectivity index (χ0n) is 17.0. The summed E-state index contributed by atoms with van der Waals surface area (Å²) in [6.07, 6.45) is -4.59. The SMILES string of the molecule is C=C(CCNC(=O)[C@@H]1CCc2cc(F)ccc2O1)c1nnc([C@H]2C[C@@H](OC(F)(F)F)C2)o1. The molecule has 1 aromatic heterocycles. The summed E-state index contributed by atoms with van der Waals surface area (Å²) >= 11 is 0. The van der Waals surface area contributed by atoms with Gasteiger partial charge in [0.1, 0.15) is 11.6 Å². The van der Waals surface area contributed by atoms with Crippen LogP contribution in [0.2, 0.25) is 0 Å². The van der Waals surface area contributed by atoms with Crippen molar-refractivity contribution in [1.82, 2.24) is 15.5 Å². The Kier molecular flexibility index (Phi) is 6.18. The number of alkyl halides is 3. The molecule has 0 bridgehead atoms. The van der Waals surface area contributed by atoms with Crippen LogP contribution in [0, 0.1) is 5.82 Å². The number of ether oxygens (including phenoxy) is 2. The molecule has 2 aliphatic rings. The van der Waals surface area contributed by atoms with Gasteiger partial charge in [0.05, 0.1) is 6.10 Å². The van der Waals surface area contributed by atoms with Crippen molar-refractivity contribution in [3.05, 3.63) is 47.9 Å². The second-order valence-corrected chi connectivity index (χ2v) is 7.84. The number of amides is 1. The summed E-state index contributed by atoms with van der Waals surface area (Å²) < 4.78 is 65.0. The maximum absolute atomic E-state index is 13.3. The van der Waals surface area contributed by atoms with Crippen molar-refractivity contribution < 1.29 is 36.2 Å². The Morgan fingerprint density at radius 3 is 2.81 bits per heavy atom. The highest BCUT2D eigenvalue weighted by Gasteiger charge is 2.42. The minimum atomic E-state index is -4.65. The Hall–Kier alpha value is -2.95. The lowest BCUT2D eigenvalue weighted by molar-refractivity contribution is -0.352. The molecule has 2 heterocycles. The number of halogens is 4. The molecule has 32 heavy (non-hydrogen) atoms. The van der Waals surface area contributed by atoms with E-state index in [4.69, 9.17) is 9.15 Å². The van der Waals surface area contributed by atoms with Gasteiger partial charge < -0.3 is 14.5 Å². The van der Waals surface area contributed by atoms with E-state index >= 15 is 0 Å². The van der Waals surface area contributed by atoms with Crippen molar-refractivity contribution in [2.24, 2.45) is 0 Å². The Morgan fingerprint density at radius 1 is 1.28 bits per heavy atom. The Morgan fingerprint density at radius 2 is 2.06 bits per heavy atom. The number of carbonyl (C=O) groups excluding carboxylic acids is 1. The van der Waals surface area contributed by atoms with Crippen molar-refractivity contribution in [3.63, 3.8) is 0 Å². The largest absolute Gasteiger partial charge is 0.522 e. The third-order valence-electron chi connectivity index (χ3n) is 5.47. The summed E-state index contributed by atoms with van der Waals surface area (Å²) in [7, 11) is 0. The molecule has 1 N–H and O–H groups in total. The molecule has 0 unspecified atom stereocenters. The van der Waals surface area contributed by atoms with Gasteiger partial charge in [0.25, 0.3) is 5.91 Å². The van der Waals surface area contributed by atoms with Gasteiger partial charge >= 0.3 is 6.36 Å². The standard InChI is InChI=1S/C21H21F4N3O4/c1-11(19-27-28-20(31-19)13-9-15(10-13)32-21(23,24)25)6-7-26-18(29)17-4-2-12-8-14(22)3-5-16(12)30-17/h3,5,8,13,15,17H,1-2,4,6-7,9-10H2,(H,26,29)/t13-,15+,17-/m0/s1. The molecule has 0 radical (unpaired) electrons. The third kappa shape index (κ3) is 5.26. The van der Waals surface area contributed by atoms with Crippen LogP contribution in [0.1, 0.15) is 48.9 Å². The van der Waals surface area contributed by atoms with E-state index in [-0.39, 0.29) is 48.8 Å². The first-order valence-corrected chi connectivity index (χ1v) is 10.2. The summed E-state index contributed by atoms with van der Waals surface area (Å²) in [6.45, 7) is 4.12. The Bertz CT molecular complexity index is 1000. The van der Waals surface area contributed by atoms with E-state index in [1.54, 1.807) is 0 Å². The van der Waals surface area contributed by atoms with Crippen molar-refractivity contribution >= 4 is 11.5 Å². The minimum Gasteiger partial charge on any atom is -0.480 e. The molecule has 7 nitrogen and oxygen atoms in total. The van der Waals surface area contributed by atoms with Crippen LogP contribution in [0.5, 0.6) is 5.75 Å². The predicted octanol–water partition coefficient (Wildman–Crippen LogP) is 3.90. The van der Waals surface area contributed by atoms with Crippen LogP contribution in [-0.4, -0.2) is 41.2 Å². The van der Waals surface area contributed by atoms with E-state index in [1.165, 1.54) is 18.2 Å². The number of hydrogen-bond donors (Lipinski definition) is 1. The first-order valence-electron chi connectivity index (χ1n) is 10.2. The van der Waals surface area contributed by atoms with Gasteiger partial charge in [-0.2, -0.15) is 0 Å². The number of carbonyl (C=O) groups is 1. The fourth-order valence-corrected chi connectivity index (χ4v) is 3.69. The van der Waals surface area contributed by atoms with E-state index in [0.717, 1.165) is 5.56 Å². The average Bonchev–Trinajstić information content (AvgIpc) is 3.18. The Labute approximate surface area is 180 Å². The van der Waals surface area contributed by atoms with E-state index in [2.05, 4.69) is 26.8 Å². The normalized spacial score (nSPS) is 22.4. The smallest absolute Gasteiger partial charge is 0.480 e. The van der Waals surface area contributed by atoms with Crippen LogP contribution in [0.4, 0.5) is 17.6 Å². The van der Waals surface area contributed by atoms with Gasteiger partial charge in [0.15, 0.2) is 6.10 Å². The van der Waals surface area contributed by atoms with Crippen LogP contribution in [0.25, 0.3) is 5.57 Å². The van der Waals surface area contributed by atoms with Gasteiger partial charge in [0.2, 0.25) is 11.8 Å². The number of benzene rings is 1. The number of hydrogen-bond acceptors (Lipinski definition) is 6. The molecule has 11 heteroatoms. The summed E-state index contributed by atoms with van der Waals surface area (Å²) in [5.41, 5.74) is 1.23. The summed E-state index contributed by atoms with van der Waals surface area (Å²) in [4.78, 5) is 12.4. The minimum absolute atomic E-state index is 0.154. The molecule has 2 aromatic rings. The van der Waals surface area contributed by atoms with Gasteiger partial charge in [-0.15, -0.1) is 23.4 Å². The molecular weight excluding hydrogens is 434 g/mol. The van der Waals surface area contributed by atoms with E-state index < -0.39 is 18.6 Å². The Balaban J connectivity index is 1.20. The van der Waals surface area contributed by atoms with E-state index in [9.17, 15) is 22.4 Å². The number of nitrogens with zero attached hydrogens (tertiary/aromatic N) is 2. The molecule has 1 saturated carbocycles. The first kappa shape index (κ1) is 22.3.